The van der Waals surface area contributed by atoms with Gasteiger partial charge in [0.15, 0.2) is 9.84 Å². The lowest BCUT2D eigenvalue weighted by atomic mass is 9.93. The molecule has 1 aliphatic heterocycles. The molecule has 0 spiro atoms. The summed E-state index contributed by atoms with van der Waals surface area (Å²) < 4.78 is 251. The Balaban J connectivity index is 2.46. The number of hydrogen-bond acceptors (Lipinski definition) is 15. The van der Waals surface area contributed by atoms with Crippen LogP contribution < -0.4 is 10.3 Å². The van der Waals surface area contributed by atoms with E-state index in [0.717, 1.165) is 0 Å². The van der Waals surface area contributed by atoms with E-state index >= 15 is 0 Å². The molecule has 0 amide bonds. The van der Waals surface area contributed by atoms with Gasteiger partial charge in [0.05, 0.1) is 19.1 Å². The van der Waals surface area contributed by atoms with Crippen molar-refractivity contribution in [3.63, 3.8) is 0 Å². The van der Waals surface area contributed by atoms with Crippen LogP contribution in [0.2, 0.25) is 0 Å². The molecule has 1 aliphatic carbocycles. The van der Waals surface area contributed by atoms with E-state index in [0.29, 0.717) is 53.0 Å². The Hall–Kier alpha value is -3.71. The van der Waals surface area contributed by atoms with Crippen LogP contribution in [0.25, 0.3) is 33.4 Å². The number of nitrogens with zero attached hydrogens (tertiary/aromatic N) is 4. The van der Waals surface area contributed by atoms with Crippen molar-refractivity contribution in [3.05, 3.63) is 63.9 Å². The first-order valence-electron chi connectivity index (χ1n) is 17.4. The lowest BCUT2D eigenvalue weighted by Gasteiger charge is -2.53. The van der Waals surface area contributed by atoms with E-state index in [2.05, 4.69) is 4.99 Å². The maximum atomic E-state index is 14.8. The van der Waals surface area contributed by atoms with Crippen LogP contribution in [0.1, 0.15) is 20.8 Å². The van der Waals surface area contributed by atoms with Crippen LogP contribution in [-0.4, -0.2) is 123 Å². The van der Waals surface area contributed by atoms with Crippen LogP contribution >= 0.6 is 0 Å². The summed E-state index contributed by atoms with van der Waals surface area (Å²) >= 11 is 0. The minimum absolute atomic E-state index is 0.119. The van der Waals surface area contributed by atoms with Crippen molar-refractivity contribution < 1.29 is 81.6 Å². The number of fused-ring (bicyclic) bond motifs is 2. The molecular weight excluding hydrogens is 967 g/mol. The number of anilines is 1. The normalized spacial score (nSPS) is 15.2. The van der Waals surface area contributed by atoms with E-state index in [1.807, 2.05) is 4.90 Å². The molecule has 0 aromatic heterocycles. The predicted molar refractivity (Wildman–Crippen MR) is 216 cm³/mol. The first-order chi connectivity index (χ1) is 28.0. The summed E-state index contributed by atoms with van der Waals surface area (Å²) in [5.41, 5.74) is -14.6. The van der Waals surface area contributed by atoms with Gasteiger partial charge in [-0.05, 0) is 76.8 Å². The second kappa shape index (κ2) is 16.4. The molecule has 0 radical (unpaired) electrons. The van der Waals surface area contributed by atoms with Crippen LogP contribution in [-0.2, 0) is 57.0 Å². The molecule has 2 aliphatic rings. The van der Waals surface area contributed by atoms with E-state index in [9.17, 15) is 77.2 Å². The van der Waals surface area contributed by atoms with Gasteiger partial charge in [0.2, 0.25) is 0 Å². The quantitative estimate of drug-likeness (QED) is 0.0707. The second-order valence-electron chi connectivity index (χ2n) is 13.5. The minimum atomic E-state index is -8.15. The first kappa shape index (κ1) is 50.9. The van der Waals surface area contributed by atoms with Gasteiger partial charge in [-0.25, -0.2) is 25.3 Å². The van der Waals surface area contributed by atoms with Crippen LogP contribution in [0.3, 0.4) is 0 Å². The monoisotopic (exact) mass is 1000 g/mol. The number of alkyl halides is 6. The van der Waals surface area contributed by atoms with Gasteiger partial charge < -0.3 is 13.9 Å². The third-order valence-corrected chi connectivity index (χ3v) is 28.2. The van der Waals surface area contributed by atoms with Crippen LogP contribution in [0, 0.1) is 3.91 Å². The lowest BCUT2D eigenvalue weighted by Crippen LogP contribution is -2.53. The molecule has 17 nitrogen and oxygen atoms in total. The van der Waals surface area contributed by atoms with Crippen molar-refractivity contribution in [3.8, 4) is 22.5 Å². The van der Waals surface area contributed by atoms with Crippen molar-refractivity contribution in [1.29, 1.82) is 0 Å². The number of rotatable bonds is 15. The van der Waals surface area contributed by atoms with Gasteiger partial charge in [0.25, 0.3) is 18.9 Å². The summed E-state index contributed by atoms with van der Waals surface area (Å²) in [4.78, 5) is 1.85. The third-order valence-electron chi connectivity index (χ3n) is 9.14. The summed E-state index contributed by atoms with van der Waals surface area (Å²) in [5.74, 6) is -0.170. The van der Waals surface area contributed by atoms with E-state index in [1.165, 1.54) is 36.4 Å². The molecule has 348 valence electrons. The molecule has 0 N–H and O–H groups in total. The summed E-state index contributed by atoms with van der Waals surface area (Å²) in [5, 5.41) is -3.29. The molecule has 29 heteroatoms. The van der Waals surface area contributed by atoms with Gasteiger partial charge in [-0.2, -0.15) is 47.4 Å². The van der Waals surface area contributed by atoms with Crippen molar-refractivity contribution in [2.75, 3.05) is 57.8 Å². The smallest absolute Gasteiger partial charge is 0.498 e. The molecule has 0 saturated carbocycles. The van der Waals surface area contributed by atoms with E-state index in [-0.39, 0.29) is 48.9 Å². The van der Waals surface area contributed by atoms with Gasteiger partial charge in [0, 0.05) is 77.9 Å². The number of sulfonamides is 1. The maximum Gasteiger partial charge on any atom is 0.498 e. The average molecular weight is 1010 g/mol. The maximum absolute atomic E-state index is 14.8. The summed E-state index contributed by atoms with van der Waals surface area (Å²) in [6, 6.07) is 8.07. The number of halogens is 6. The Labute approximate surface area is 352 Å². The predicted octanol–water partition coefficient (Wildman–Crippen LogP) is 4.03. The largest absolute Gasteiger partial charge is 0.752 e. The highest BCUT2D eigenvalue weighted by Gasteiger charge is 2.55. The van der Waals surface area contributed by atoms with Gasteiger partial charge in [-0.3, -0.25) is 21.8 Å². The highest BCUT2D eigenvalue weighted by atomic mass is 33.2. The van der Waals surface area contributed by atoms with Gasteiger partial charge in [-0.15, -0.1) is 0 Å². The molecule has 0 bridgehead atoms. The fourth-order valence-electron chi connectivity index (χ4n) is 6.04. The molecule has 62 heavy (non-hydrogen) atoms. The number of benzene rings is 3. The molecule has 1 heterocycles. The highest BCUT2D eigenvalue weighted by Crippen LogP contribution is 2.51. The zero-order chi connectivity index (χ0) is 47.6. The standard InChI is InChI=1S/C33H39F6N4O13S6/c1-8-40-21-11-14-24-27(17-21)56-28-18-22(43(9-2)10-3)12-15-25(28)30(24)26-16-13-23(62(54,55,61(52,53)42(6)7)20-57(44,45)32(34,35)36)19-29(26)58(46,47)31(60(50,51)41(4)5)59(48,49)33(37,38)39/h11-19H,8-10,20H2,1-7H3,(H,54,55)/q-1/p-1. The Morgan fingerprint density at radius 3 is 1.79 bits per heavy atom. The molecule has 0 atom stereocenters. The zero-order valence-corrected chi connectivity index (χ0v) is 38.2. The molecule has 2 aromatic rings. The fraction of sp³-hybridized carbons (Fsp3) is 0.394. The zero-order valence-electron chi connectivity index (χ0n) is 33.3. The van der Waals surface area contributed by atoms with Crippen molar-refractivity contribution in [1.82, 2.24) is 8.61 Å². The van der Waals surface area contributed by atoms with Crippen LogP contribution in [0.15, 0.2) is 73.8 Å². The van der Waals surface area contributed by atoms with Gasteiger partial charge in [-0.1, -0.05) is 6.07 Å². The SMILES string of the molecule is CCN=c1ccc2c(-c3ccc(S(=O)([O-])(CS(=O)(=O)C(F)(F)F)S(=O)(=O)N(C)C)cc3S(=O)(=O)[C-](S(=O)(=O)N(C)C)S(=O)(=O)C(F)(F)F)c3ccc(N(CC)CC)cc3oc-2c1. The Morgan fingerprint density at radius 1 is 0.742 bits per heavy atom. The van der Waals surface area contributed by atoms with Crippen LogP contribution in [0.5, 0.6) is 0 Å². The summed E-state index contributed by atoms with van der Waals surface area (Å²) in [6.45, 7) is 6.30. The highest BCUT2D eigenvalue weighted by molar-refractivity contribution is 8.79. The van der Waals surface area contributed by atoms with E-state index in [1.54, 1.807) is 20.8 Å². The molecule has 0 fully saturated rings. The second-order valence-corrected chi connectivity index (χ2v) is 30.0. The van der Waals surface area contributed by atoms with Crippen molar-refractivity contribution >= 4 is 73.6 Å². The third kappa shape index (κ3) is 8.38. The Kier molecular flexibility index (Phi) is 13.5. The van der Waals surface area contributed by atoms with Gasteiger partial charge >= 0.3 is 11.0 Å². The molecule has 4 rings (SSSR count). The lowest BCUT2D eigenvalue weighted by molar-refractivity contribution is -0.0436. The fourth-order valence-corrected chi connectivity index (χ4v) is 23.2. The number of sulfone groups is 4. The molecule has 0 saturated heterocycles. The molecule has 2 aromatic carbocycles. The Bertz CT molecular complexity index is 3110. The Morgan fingerprint density at radius 2 is 1.31 bits per heavy atom. The average Bonchev–Trinajstić information content (AvgIpc) is 3.12. The van der Waals surface area contributed by atoms with Crippen LogP contribution in [0.4, 0.5) is 32.0 Å². The van der Waals surface area contributed by atoms with Gasteiger partial charge in [0.1, 0.15) is 26.5 Å². The van der Waals surface area contributed by atoms with Crippen molar-refractivity contribution in [2.45, 2.75) is 41.6 Å². The summed E-state index contributed by atoms with van der Waals surface area (Å²) in [6.07, 6.45) is 0. The molecule has 0 unspecified atom stereocenters. The molecular formula is C33H38F6N4O13S6-2. The first-order valence-corrected chi connectivity index (χ1v) is 27.4. The van der Waals surface area contributed by atoms with Crippen molar-refractivity contribution in [2.24, 2.45) is 4.99 Å². The van der Waals surface area contributed by atoms with E-state index < -0.39 is 104 Å². The summed E-state index contributed by atoms with van der Waals surface area (Å²) in [7, 11) is -40.9. The minimum Gasteiger partial charge on any atom is -0.752 e. The number of hydrogen-bond donors (Lipinski definition) is 0. The van der Waals surface area contributed by atoms with E-state index in [4.69, 9.17) is 4.42 Å². The topological polar surface area (TPSA) is 246 Å².